The van der Waals surface area contributed by atoms with Gasteiger partial charge < -0.3 is 0 Å². The molecule has 0 fully saturated rings. The zero-order valence-corrected chi connectivity index (χ0v) is 7.53. The fourth-order valence-electron chi connectivity index (χ4n) is 0.797. The molecule has 3 heteroatoms. The minimum atomic E-state index is -0.0767. The topological polar surface area (TPSA) is 41.5 Å². The first-order valence-corrected chi connectivity index (χ1v) is 4.20. The maximum absolute atomic E-state index is 10.8. The van der Waals surface area contributed by atoms with Crippen LogP contribution in [0.1, 0.15) is 18.9 Å². The van der Waals surface area contributed by atoms with Crippen LogP contribution in [0, 0.1) is 0 Å². The van der Waals surface area contributed by atoms with Crippen LogP contribution in [-0.2, 0) is 4.79 Å². The summed E-state index contributed by atoms with van der Waals surface area (Å²) in [4.78, 5) is 10.8. The van der Waals surface area contributed by atoms with Crippen molar-refractivity contribution < 1.29 is 4.79 Å². The van der Waals surface area contributed by atoms with Crippen LogP contribution >= 0.6 is 0 Å². The highest BCUT2D eigenvalue weighted by Crippen LogP contribution is 1.92. The summed E-state index contributed by atoms with van der Waals surface area (Å²) in [6.45, 7) is 1.79. The fraction of sp³-hybridized carbons (Fsp3) is 0.200. The monoisotopic (exact) mass is 176 g/mol. The summed E-state index contributed by atoms with van der Waals surface area (Å²) in [7, 11) is 0. The minimum Gasteiger partial charge on any atom is -0.273 e. The van der Waals surface area contributed by atoms with Crippen LogP contribution in [0.25, 0.3) is 0 Å². The number of hydrogen-bond acceptors (Lipinski definition) is 2. The average Bonchev–Trinajstić information content (AvgIpc) is 2.19. The lowest BCUT2D eigenvalue weighted by Gasteiger charge is -1.93. The molecule has 3 nitrogen and oxygen atoms in total. The maximum atomic E-state index is 10.8. The third kappa shape index (κ3) is 3.51. The van der Waals surface area contributed by atoms with Crippen LogP contribution in [0.15, 0.2) is 35.4 Å². The molecular weight excluding hydrogens is 164 g/mol. The van der Waals surface area contributed by atoms with Crippen LogP contribution in [0.5, 0.6) is 0 Å². The maximum Gasteiger partial charge on any atom is 0.239 e. The van der Waals surface area contributed by atoms with Gasteiger partial charge in [-0.3, -0.25) is 4.79 Å². The molecular formula is C10H12N2O. The third-order valence-corrected chi connectivity index (χ3v) is 1.52. The van der Waals surface area contributed by atoms with Crippen molar-refractivity contribution in [1.82, 2.24) is 5.43 Å². The second-order valence-corrected chi connectivity index (χ2v) is 2.56. The summed E-state index contributed by atoms with van der Waals surface area (Å²) in [6, 6.07) is 9.61. The summed E-state index contributed by atoms with van der Waals surface area (Å²) in [5.41, 5.74) is 3.38. The molecule has 68 valence electrons. The number of amides is 1. The fourth-order valence-corrected chi connectivity index (χ4v) is 0.797. The van der Waals surface area contributed by atoms with Gasteiger partial charge in [-0.25, -0.2) is 5.43 Å². The molecule has 0 heterocycles. The van der Waals surface area contributed by atoms with E-state index in [2.05, 4.69) is 10.5 Å². The number of hydrazone groups is 1. The Morgan fingerprint density at radius 3 is 2.77 bits per heavy atom. The number of rotatable bonds is 3. The predicted molar refractivity (Wildman–Crippen MR) is 52.5 cm³/mol. The highest BCUT2D eigenvalue weighted by molar-refractivity contribution is 5.82. The van der Waals surface area contributed by atoms with Gasteiger partial charge in [0.15, 0.2) is 0 Å². The number of carbonyl (C=O) groups is 1. The Morgan fingerprint density at radius 1 is 1.46 bits per heavy atom. The summed E-state index contributed by atoms with van der Waals surface area (Å²) >= 11 is 0. The quantitative estimate of drug-likeness (QED) is 0.551. The van der Waals surface area contributed by atoms with Gasteiger partial charge in [-0.2, -0.15) is 5.10 Å². The Hall–Kier alpha value is -1.64. The highest BCUT2D eigenvalue weighted by Gasteiger charge is 1.90. The molecule has 0 aromatic heterocycles. The largest absolute Gasteiger partial charge is 0.273 e. The lowest BCUT2D eigenvalue weighted by atomic mass is 10.2. The summed E-state index contributed by atoms with van der Waals surface area (Å²) in [5.74, 6) is -0.0767. The molecule has 0 saturated heterocycles. The number of benzene rings is 1. The SMILES string of the molecule is CCC(=O)NN=Cc1ccccc1. The molecule has 13 heavy (non-hydrogen) atoms. The zero-order valence-electron chi connectivity index (χ0n) is 7.53. The number of hydrogen-bond donors (Lipinski definition) is 1. The Labute approximate surface area is 77.5 Å². The second-order valence-electron chi connectivity index (χ2n) is 2.56. The molecule has 0 saturated carbocycles. The van der Waals surface area contributed by atoms with Crippen molar-refractivity contribution in [3.05, 3.63) is 35.9 Å². The molecule has 1 aromatic carbocycles. The van der Waals surface area contributed by atoms with Gasteiger partial charge in [0.25, 0.3) is 0 Å². The Morgan fingerprint density at radius 2 is 2.15 bits per heavy atom. The first-order valence-electron chi connectivity index (χ1n) is 4.20. The van der Waals surface area contributed by atoms with E-state index in [4.69, 9.17) is 0 Å². The average molecular weight is 176 g/mol. The standard InChI is InChI=1S/C10H12N2O/c1-2-10(13)12-11-8-9-6-4-3-5-7-9/h3-8H,2H2,1H3,(H,12,13). The Kier molecular flexibility index (Phi) is 3.70. The number of nitrogens with zero attached hydrogens (tertiary/aromatic N) is 1. The van der Waals surface area contributed by atoms with Crippen molar-refractivity contribution >= 4 is 12.1 Å². The minimum absolute atomic E-state index is 0.0767. The third-order valence-electron chi connectivity index (χ3n) is 1.52. The molecule has 0 bridgehead atoms. The van der Waals surface area contributed by atoms with E-state index in [-0.39, 0.29) is 5.91 Å². The summed E-state index contributed by atoms with van der Waals surface area (Å²) < 4.78 is 0. The molecule has 1 N–H and O–H groups in total. The van der Waals surface area contributed by atoms with Crippen molar-refractivity contribution in [3.63, 3.8) is 0 Å². The van der Waals surface area contributed by atoms with Gasteiger partial charge in [0.05, 0.1) is 6.21 Å². The molecule has 0 aliphatic heterocycles. The van der Waals surface area contributed by atoms with E-state index < -0.39 is 0 Å². The number of carbonyl (C=O) groups excluding carboxylic acids is 1. The summed E-state index contributed by atoms with van der Waals surface area (Å²) in [5, 5.41) is 3.79. The van der Waals surface area contributed by atoms with Gasteiger partial charge in [-0.1, -0.05) is 37.3 Å². The van der Waals surface area contributed by atoms with Crippen LogP contribution in [0.2, 0.25) is 0 Å². The molecule has 0 aliphatic rings. The van der Waals surface area contributed by atoms with Crippen molar-refractivity contribution in [2.45, 2.75) is 13.3 Å². The van der Waals surface area contributed by atoms with E-state index in [0.717, 1.165) is 5.56 Å². The van der Waals surface area contributed by atoms with Crippen LogP contribution in [0.3, 0.4) is 0 Å². The van der Waals surface area contributed by atoms with E-state index >= 15 is 0 Å². The molecule has 1 amide bonds. The van der Waals surface area contributed by atoms with Gasteiger partial charge in [-0.15, -0.1) is 0 Å². The Balaban J connectivity index is 2.45. The zero-order chi connectivity index (χ0) is 9.52. The van der Waals surface area contributed by atoms with Crippen LogP contribution < -0.4 is 5.43 Å². The second kappa shape index (κ2) is 5.09. The van der Waals surface area contributed by atoms with E-state index in [0.29, 0.717) is 6.42 Å². The van der Waals surface area contributed by atoms with Crippen molar-refractivity contribution in [2.24, 2.45) is 5.10 Å². The van der Waals surface area contributed by atoms with Crippen LogP contribution in [-0.4, -0.2) is 12.1 Å². The molecule has 0 spiro atoms. The lowest BCUT2D eigenvalue weighted by molar-refractivity contribution is -0.120. The molecule has 0 unspecified atom stereocenters. The van der Waals surface area contributed by atoms with Crippen molar-refractivity contribution in [1.29, 1.82) is 0 Å². The van der Waals surface area contributed by atoms with E-state index in [1.165, 1.54) is 0 Å². The lowest BCUT2D eigenvalue weighted by Crippen LogP contribution is -2.15. The molecule has 1 rings (SSSR count). The van der Waals surface area contributed by atoms with Gasteiger partial charge in [-0.05, 0) is 5.56 Å². The molecule has 0 aliphatic carbocycles. The van der Waals surface area contributed by atoms with Gasteiger partial charge >= 0.3 is 0 Å². The molecule has 0 atom stereocenters. The van der Waals surface area contributed by atoms with E-state index in [9.17, 15) is 4.79 Å². The van der Waals surface area contributed by atoms with Gasteiger partial charge in [0.1, 0.15) is 0 Å². The van der Waals surface area contributed by atoms with E-state index in [1.807, 2.05) is 30.3 Å². The van der Waals surface area contributed by atoms with Crippen molar-refractivity contribution in [2.75, 3.05) is 0 Å². The molecule has 1 aromatic rings. The van der Waals surface area contributed by atoms with E-state index in [1.54, 1.807) is 13.1 Å². The first kappa shape index (κ1) is 9.45. The smallest absolute Gasteiger partial charge is 0.239 e. The predicted octanol–water partition coefficient (Wildman–Crippen LogP) is 1.55. The van der Waals surface area contributed by atoms with Gasteiger partial charge in [0.2, 0.25) is 5.91 Å². The normalized spacial score (nSPS) is 10.2. The number of nitrogens with one attached hydrogen (secondary N) is 1. The molecule has 0 radical (unpaired) electrons. The first-order chi connectivity index (χ1) is 6.33. The van der Waals surface area contributed by atoms with Crippen LogP contribution in [0.4, 0.5) is 0 Å². The highest BCUT2D eigenvalue weighted by atomic mass is 16.2. The van der Waals surface area contributed by atoms with Gasteiger partial charge in [0, 0.05) is 6.42 Å². The Bertz CT molecular complexity index is 293. The van der Waals surface area contributed by atoms with Crippen molar-refractivity contribution in [3.8, 4) is 0 Å². The summed E-state index contributed by atoms with van der Waals surface area (Å²) in [6.07, 6.45) is 2.07.